The number of rotatable bonds is 5. The van der Waals surface area contributed by atoms with Crippen LogP contribution < -0.4 is 9.04 Å². The molecule has 0 aliphatic heterocycles. The van der Waals surface area contributed by atoms with E-state index < -0.39 is 11.9 Å². The number of aromatic amines is 1. The lowest BCUT2D eigenvalue weighted by atomic mass is 10.2. The lowest BCUT2D eigenvalue weighted by molar-refractivity contribution is -0.141. The van der Waals surface area contributed by atoms with Gasteiger partial charge in [0.25, 0.3) is 0 Å². The van der Waals surface area contributed by atoms with Gasteiger partial charge in [-0.05, 0) is 42.3 Å². The summed E-state index contributed by atoms with van der Waals surface area (Å²) >= 11 is 1.41. The smallest absolute Gasteiger partial charge is 0.432 e. The summed E-state index contributed by atoms with van der Waals surface area (Å²) in [5, 5.41) is 11.0. The number of pyridine rings is 1. The zero-order valence-electron chi connectivity index (χ0n) is 16.2. The van der Waals surface area contributed by atoms with Crippen molar-refractivity contribution in [1.82, 2.24) is 25.0 Å². The van der Waals surface area contributed by atoms with Crippen LogP contribution in [0.2, 0.25) is 0 Å². The van der Waals surface area contributed by atoms with Gasteiger partial charge in [0.05, 0.1) is 24.5 Å². The van der Waals surface area contributed by atoms with Gasteiger partial charge in [0.1, 0.15) is 22.8 Å². The number of aromatic nitrogens is 5. The summed E-state index contributed by atoms with van der Waals surface area (Å²) in [4.78, 5) is 5.06. The van der Waals surface area contributed by atoms with E-state index in [0.29, 0.717) is 11.4 Å². The third kappa shape index (κ3) is 3.67. The summed E-state index contributed by atoms with van der Waals surface area (Å²) in [6, 6.07) is 8.18. The van der Waals surface area contributed by atoms with Gasteiger partial charge in [-0.15, -0.1) is 0 Å². The molecule has 0 aliphatic carbocycles. The fraction of sp³-hybridized carbons (Fsp3) is 0.211. The molecule has 3 aromatic heterocycles. The molecule has 0 fully saturated rings. The Bertz CT molecular complexity index is 1190. The van der Waals surface area contributed by atoms with E-state index in [1.807, 2.05) is 35.6 Å². The second-order valence-corrected chi connectivity index (χ2v) is 7.66. The lowest BCUT2D eigenvalue weighted by Crippen LogP contribution is -2.10. The van der Waals surface area contributed by atoms with E-state index in [0.717, 1.165) is 27.6 Å². The number of fused-ring (bicyclic) bond motifs is 1. The van der Waals surface area contributed by atoms with Crippen LogP contribution in [0.4, 0.5) is 18.9 Å². The normalized spacial score (nSPS) is 11.8. The standard InChI is InChI=1S/C19H17F3N6OS/c1-27-17-11(9-24-27)4-7-15(29-3)18(17)28(2)30-12-5-6-13(23-10-12)14-8-16(26-25-14)19(20,21)22/h4-10H,1-3H3,(H,25,26). The molecule has 0 bridgehead atoms. The average Bonchev–Trinajstić information content (AvgIpc) is 3.35. The van der Waals surface area contributed by atoms with Crippen LogP contribution >= 0.6 is 11.9 Å². The molecule has 3 heterocycles. The van der Waals surface area contributed by atoms with Crippen molar-refractivity contribution >= 4 is 28.5 Å². The molecule has 0 aliphatic rings. The molecule has 4 rings (SSSR count). The number of methoxy groups -OCH3 is 1. The lowest BCUT2D eigenvalue weighted by Gasteiger charge is -2.21. The quantitative estimate of drug-likeness (QED) is 0.466. The highest BCUT2D eigenvalue weighted by atomic mass is 32.2. The molecule has 0 unspecified atom stereocenters. The van der Waals surface area contributed by atoms with E-state index >= 15 is 0 Å². The number of H-pyrrole nitrogens is 1. The van der Waals surface area contributed by atoms with E-state index in [-0.39, 0.29) is 5.69 Å². The van der Waals surface area contributed by atoms with E-state index in [2.05, 4.69) is 15.2 Å². The van der Waals surface area contributed by atoms with Crippen LogP contribution in [0.3, 0.4) is 0 Å². The first-order valence-electron chi connectivity index (χ1n) is 8.77. The summed E-state index contributed by atoms with van der Waals surface area (Å²) in [6.45, 7) is 0. The van der Waals surface area contributed by atoms with Gasteiger partial charge in [-0.2, -0.15) is 23.4 Å². The Labute approximate surface area is 174 Å². The molecule has 0 spiro atoms. The first-order valence-corrected chi connectivity index (χ1v) is 9.54. The number of hydrogen-bond donors (Lipinski definition) is 1. The molecule has 0 amide bonds. The van der Waals surface area contributed by atoms with Crippen LogP contribution in [0.5, 0.6) is 5.75 Å². The van der Waals surface area contributed by atoms with Crippen molar-refractivity contribution in [1.29, 1.82) is 0 Å². The number of alkyl halides is 3. The molecule has 0 atom stereocenters. The Morgan fingerprint density at radius 1 is 1.13 bits per heavy atom. The minimum Gasteiger partial charge on any atom is -0.494 e. The first kappa shape index (κ1) is 20.1. The van der Waals surface area contributed by atoms with E-state index in [1.54, 1.807) is 36.3 Å². The number of anilines is 1. The summed E-state index contributed by atoms with van der Waals surface area (Å²) in [5.41, 5.74) is 1.35. The molecular formula is C19H17F3N6OS. The number of nitrogens with one attached hydrogen (secondary N) is 1. The predicted molar refractivity (Wildman–Crippen MR) is 108 cm³/mol. The first-order chi connectivity index (χ1) is 14.3. The monoisotopic (exact) mass is 434 g/mol. The number of ether oxygens (including phenoxy) is 1. The highest BCUT2D eigenvalue weighted by Gasteiger charge is 2.33. The minimum absolute atomic E-state index is 0.133. The molecule has 4 aromatic rings. The number of hydrogen-bond acceptors (Lipinski definition) is 6. The molecule has 156 valence electrons. The van der Waals surface area contributed by atoms with Gasteiger partial charge in [0.2, 0.25) is 0 Å². The van der Waals surface area contributed by atoms with Crippen molar-refractivity contribution in [3.05, 3.63) is 48.4 Å². The van der Waals surface area contributed by atoms with Gasteiger partial charge in [-0.25, -0.2) is 0 Å². The van der Waals surface area contributed by atoms with E-state index in [4.69, 9.17) is 4.74 Å². The van der Waals surface area contributed by atoms with Crippen molar-refractivity contribution in [3.63, 3.8) is 0 Å². The molecule has 0 radical (unpaired) electrons. The molecule has 7 nitrogen and oxygen atoms in total. The summed E-state index contributed by atoms with van der Waals surface area (Å²) in [6.07, 6.45) is -1.10. The Balaban J connectivity index is 1.59. The van der Waals surface area contributed by atoms with Crippen molar-refractivity contribution in [3.8, 4) is 17.1 Å². The van der Waals surface area contributed by atoms with Crippen LogP contribution in [0, 0.1) is 0 Å². The van der Waals surface area contributed by atoms with Gasteiger partial charge in [-0.3, -0.25) is 14.8 Å². The number of nitrogens with zero attached hydrogens (tertiary/aromatic N) is 5. The molecule has 11 heteroatoms. The van der Waals surface area contributed by atoms with Crippen molar-refractivity contribution < 1.29 is 17.9 Å². The van der Waals surface area contributed by atoms with Crippen molar-refractivity contribution in [2.75, 3.05) is 18.5 Å². The Kier molecular flexibility index (Phi) is 5.06. The summed E-state index contributed by atoms with van der Waals surface area (Å²) < 4.78 is 47.5. The highest BCUT2D eigenvalue weighted by molar-refractivity contribution is 8.00. The molecule has 0 saturated heterocycles. The fourth-order valence-electron chi connectivity index (χ4n) is 3.08. The molecular weight excluding hydrogens is 417 g/mol. The fourth-order valence-corrected chi connectivity index (χ4v) is 3.90. The Hall–Kier alpha value is -3.21. The van der Waals surface area contributed by atoms with Gasteiger partial charge in [0.15, 0.2) is 0 Å². The second-order valence-electron chi connectivity index (χ2n) is 6.45. The van der Waals surface area contributed by atoms with E-state index in [1.165, 1.54) is 11.9 Å². The highest BCUT2D eigenvalue weighted by Crippen LogP contribution is 2.40. The molecule has 1 aromatic carbocycles. The molecule has 0 saturated carbocycles. The zero-order valence-corrected chi connectivity index (χ0v) is 17.0. The third-order valence-electron chi connectivity index (χ3n) is 4.50. The van der Waals surface area contributed by atoms with Crippen LogP contribution in [0.1, 0.15) is 5.69 Å². The van der Waals surface area contributed by atoms with Gasteiger partial charge in [0, 0.05) is 30.6 Å². The van der Waals surface area contributed by atoms with Gasteiger partial charge in [-0.1, -0.05) is 0 Å². The van der Waals surface area contributed by atoms with Crippen molar-refractivity contribution in [2.24, 2.45) is 7.05 Å². The maximum absolute atomic E-state index is 12.7. The average molecular weight is 434 g/mol. The summed E-state index contributed by atoms with van der Waals surface area (Å²) in [7, 11) is 5.36. The van der Waals surface area contributed by atoms with Gasteiger partial charge < -0.3 is 9.04 Å². The number of halogens is 3. The number of aryl methyl sites for hydroxylation is 1. The molecule has 1 N–H and O–H groups in total. The molecule has 30 heavy (non-hydrogen) atoms. The predicted octanol–water partition coefficient (Wildman–Crippen LogP) is 4.53. The van der Waals surface area contributed by atoms with E-state index in [9.17, 15) is 13.2 Å². The SMILES string of the molecule is COc1ccc2cnn(C)c2c1N(C)Sc1ccc(-c2cc(C(F)(F)F)[nH]n2)nc1. The largest absolute Gasteiger partial charge is 0.494 e. The Morgan fingerprint density at radius 3 is 2.57 bits per heavy atom. The van der Waals surface area contributed by atoms with Crippen LogP contribution in [-0.2, 0) is 13.2 Å². The third-order valence-corrected chi connectivity index (χ3v) is 5.41. The van der Waals surface area contributed by atoms with Gasteiger partial charge >= 0.3 is 6.18 Å². The summed E-state index contributed by atoms with van der Waals surface area (Å²) in [5.74, 6) is 0.696. The zero-order chi connectivity index (χ0) is 21.5. The van der Waals surface area contributed by atoms with Crippen LogP contribution in [0.25, 0.3) is 22.3 Å². The Morgan fingerprint density at radius 2 is 1.93 bits per heavy atom. The topological polar surface area (TPSA) is 71.9 Å². The number of benzene rings is 1. The van der Waals surface area contributed by atoms with Crippen LogP contribution in [0.15, 0.2) is 47.6 Å². The minimum atomic E-state index is -4.48. The van der Waals surface area contributed by atoms with Crippen molar-refractivity contribution in [2.45, 2.75) is 11.1 Å². The maximum atomic E-state index is 12.7. The van der Waals surface area contributed by atoms with Crippen LogP contribution in [-0.4, -0.2) is 39.1 Å². The second kappa shape index (κ2) is 7.56. The maximum Gasteiger partial charge on any atom is 0.432 e.